The van der Waals surface area contributed by atoms with Gasteiger partial charge in [-0.1, -0.05) is 19.3 Å². The molecule has 2 N–H and O–H groups in total. The van der Waals surface area contributed by atoms with E-state index in [4.69, 9.17) is 15.2 Å². The first-order valence-corrected chi connectivity index (χ1v) is 6.96. The monoisotopic (exact) mass is 243 g/mol. The van der Waals surface area contributed by atoms with E-state index in [9.17, 15) is 0 Å². The third-order valence-electron chi connectivity index (χ3n) is 3.33. The molecule has 0 bridgehead atoms. The predicted molar refractivity (Wildman–Crippen MR) is 71.1 cm³/mol. The third kappa shape index (κ3) is 7.02. The maximum absolute atomic E-state index is 6.15. The van der Waals surface area contributed by atoms with Gasteiger partial charge in [-0.2, -0.15) is 0 Å². The van der Waals surface area contributed by atoms with Crippen LogP contribution in [0.15, 0.2) is 0 Å². The van der Waals surface area contributed by atoms with Crippen LogP contribution in [0.1, 0.15) is 52.9 Å². The van der Waals surface area contributed by atoms with Gasteiger partial charge in [0.2, 0.25) is 0 Å². The minimum absolute atomic E-state index is 0.0746. The van der Waals surface area contributed by atoms with E-state index in [0.29, 0.717) is 25.7 Å². The molecular formula is C14H29NO2. The van der Waals surface area contributed by atoms with Crippen molar-refractivity contribution in [3.8, 4) is 0 Å². The van der Waals surface area contributed by atoms with Crippen LogP contribution in [0, 0.1) is 5.92 Å². The lowest BCUT2D eigenvalue weighted by atomic mass is 9.84. The molecule has 1 saturated carbocycles. The molecule has 3 heteroatoms. The first-order chi connectivity index (χ1) is 7.99. The summed E-state index contributed by atoms with van der Waals surface area (Å²) in [5.74, 6) is 0.673. The van der Waals surface area contributed by atoms with Crippen molar-refractivity contribution in [1.29, 1.82) is 0 Å². The van der Waals surface area contributed by atoms with E-state index in [1.807, 2.05) is 0 Å². The lowest BCUT2D eigenvalue weighted by Crippen LogP contribution is -2.36. The Kier molecular flexibility index (Phi) is 6.45. The van der Waals surface area contributed by atoms with Crippen LogP contribution in [0.3, 0.4) is 0 Å². The van der Waals surface area contributed by atoms with E-state index in [1.165, 1.54) is 32.1 Å². The van der Waals surface area contributed by atoms with E-state index in [2.05, 4.69) is 20.8 Å². The standard InChI is InChI=1S/C14H29NO2/c1-14(2,3)17-10-9-16-11-13(15)12-7-5-4-6-8-12/h12-13H,4-11,15H2,1-3H3. The lowest BCUT2D eigenvalue weighted by molar-refractivity contribution is -0.0382. The summed E-state index contributed by atoms with van der Waals surface area (Å²) >= 11 is 0. The molecule has 1 atom stereocenters. The van der Waals surface area contributed by atoms with E-state index < -0.39 is 0 Å². The van der Waals surface area contributed by atoms with Crippen LogP contribution in [0.4, 0.5) is 0 Å². The summed E-state index contributed by atoms with van der Waals surface area (Å²) in [6.07, 6.45) is 6.62. The van der Waals surface area contributed by atoms with Crippen LogP contribution in [0.25, 0.3) is 0 Å². The van der Waals surface area contributed by atoms with Crippen molar-refractivity contribution in [2.45, 2.75) is 64.5 Å². The molecule has 102 valence electrons. The van der Waals surface area contributed by atoms with Crippen molar-refractivity contribution < 1.29 is 9.47 Å². The number of nitrogens with two attached hydrogens (primary N) is 1. The van der Waals surface area contributed by atoms with Gasteiger partial charge < -0.3 is 15.2 Å². The smallest absolute Gasteiger partial charge is 0.0707 e. The molecule has 1 aliphatic rings. The van der Waals surface area contributed by atoms with Crippen molar-refractivity contribution in [3.63, 3.8) is 0 Å². The second-order valence-electron chi connectivity index (χ2n) is 6.10. The fourth-order valence-electron chi connectivity index (χ4n) is 2.32. The van der Waals surface area contributed by atoms with E-state index in [1.54, 1.807) is 0 Å². The van der Waals surface area contributed by atoms with E-state index in [0.717, 1.165) is 0 Å². The Bertz CT molecular complexity index is 195. The maximum Gasteiger partial charge on any atom is 0.0707 e. The zero-order valence-corrected chi connectivity index (χ0v) is 11.7. The van der Waals surface area contributed by atoms with Gasteiger partial charge in [-0.15, -0.1) is 0 Å². The molecule has 0 aromatic carbocycles. The summed E-state index contributed by atoms with van der Waals surface area (Å²) < 4.78 is 11.2. The Labute approximate surface area is 106 Å². The Morgan fingerprint density at radius 2 is 1.76 bits per heavy atom. The van der Waals surface area contributed by atoms with Crippen molar-refractivity contribution in [2.24, 2.45) is 11.7 Å². The van der Waals surface area contributed by atoms with Gasteiger partial charge in [0.1, 0.15) is 0 Å². The maximum atomic E-state index is 6.15. The first-order valence-electron chi connectivity index (χ1n) is 6.96. The largest absolute Gasteiger partial charge is 0.377 e. The molecule has 0 radical (unpaired) electrons. The van der Waals surface area contributed by atoms with E-state index >= 15 is 0 Å². The van der Waals surface area contributed by atoms with Crippen LogP contribution in [-0.2, 0) is 9.47 Å². The molecular weight excluding hydrogens is 214 g/mol. The summed E-state index contributed by atoms with van der Waals surface area (Å²) in [4.78, 5) is 0. The van der Waals surface area contributed by atoms with Crippen molar-refractivity contribution in [2.75, 3.05) is 19.8 Å². The number of hydrogen-bond acceptors (Lipinski definition) is 3. The fourth-order valence-corrected chi connectivity index (χ4v) is 2.32. The minimum atomic E-state index is -0.0746. The molecule has 0 spiro atoms. The van der Waals surface area contributed by atoms with Gasteiger partial charge in [-0.3, -0.25) is 0 Å². The summed E-state index contributed by atoms with van der Waals surface area (Å²) in [6, 6.07) is 0.213. The Morgan fingerprint density at radius 3 is 2.35 bits per heavy atom. The normalized spacial score (nSPS) is 20.5. The van der Waals surface area contributed by atoms with Crippen LogP contribution >= 0.6 is 0 Å². The van der Waals surface area contributed by atoms with Gasteiger partial charge in [-0.05, 0) is 39.5 Å². The van der Waals surface area contributed by atoms with E-state index in [-0.39, 0.29) is 11.6 Å². The molecule has 17 heavy (non-hydrogen) atoms. The summed E-state index contributed by atoms with van der Waals surface area (Å²) in [5.41, 5.74) is 6.08. The first kappa shape index (κ1) is 14.9. The topological polar surface area (TPSA) is 44.5 Å². The number of hydrogen-bond donors (Lipinski definition) is 1. The van der Waals surface area contributed by atoms with Gasteiger partial charge >= 0.3 is 0 Å². The highest BCUT2D eigenvalue weighted by Gasteiger charge is 2.20. The zero-order valence-electron chi connectivity index (χ0n) is 11.7. The molecule has 0 amide bonds. The quantitative estimate of drug-likeness (QED) is 0.730. The molecule has 1 rings (SSSR count). The van der Waals surface area contributed by atoms with Crippen molar-refractivity contribution in [1.82, 2.24) is 0 Å². The van der Waals surface area contributed by atoms with Crippen LogP contribution in [0.5, 0.6) is 0 Å². The Hall–Kier alpha value is -0.120. The molecule has 0 aromatic rings. The lowest BCUT2D eigenvalue weighted by Gasteiger charge is -2.27. The van der Waals surface area contributed by atoms with Crippen LogP contribution < -0.4 is 5.73 Å². The Morgan fingerprint density at radius 1 is 1.12 bits per heavy atom. The molecule has 1 aliphatic carbocycles. The minimum Gasteiger partial charge on any atom is -0.377 e. The Balaban J connectivity index is 2.01. The molecule has 0 saturated heterocycles. The second kappa shape index (κ2) is 7.34. The number of ether oxygens (including phenoxy) is 2. The highest BCUT2D eigenvalue weighted by Crippen LogP contribution is 2.25. The number of rotatable bonds is 6. The summed E-state index contributed by atoms with van der Waals surface area (Å²) in [6.45, 7) is 8.15. The average molecular weight is 243 g/mol. The average Bonchev–Trinajstić information content (AvgIpc) is 2.28. The molecule has 0 heterocycles. The van der Waals surface area contributed by atoms with Gasteiger partial charge in [0.15, 0.2) is 0 Å². The fraction of sp³-hybridized carbons (Fsp3) is 1.00. The molecule has 1 unspecified atom stereocenters. The molecule has 0 aromatic heterocycles. The van der Waals surface area contributed by atoms with Gasteiger partial charge in [0, 0.05) is 6.04 Å². The van der Waals surface area contributed by atoms with Crippen molar-refractivity contribution in [3.05, 3.63) is 0 Å². The molecule has 3 nitrogen and oxygen atoms in total. The predicted octanol–water partition coefficient (Wildman–Crippen LogP) is 2.73. The summed E-state index contributed by atoms with van der Waals surface area (Å²) in [5, 5.41) is 0. The van der Waals surface area contributed by atoms with Gasteiger partial charge in [0.05, 0.1) is 25.4 Å². The van der Waals surface area contributed by atoms with Gasteiger partial charge in [-0.25, -0.2) is 0 Å². The molecule has 0 aliphatic heterocycles. The van der Waals surface area contributed by atoms with Crippen LogP contribution in [-0.4, -0.2) is 31.5 Å². The molecule has 1 fully saturated rings. The van der Waals surface area contributed by atoms with Crippen molar-refractivity contribution >= 4 is 0 Å². The third-order valence-corrected chi connectivity index (χ3v) is 3.33. The zero-order chi connectivity index (χ0) is 12.7. The summed E-state index contributed by atoms with van der Waals surface area (Å²) in [7, 11) is 0. The second-order valence-corrected chi connectivity index (χ2v) is 6.10. The highest BCUT2D eigenvalue weighted by molar-refractivity contribution is 4.76. The van der Waals surface area contributed by atoms with Crippen LogP contribution in [0.2, 0.25) is 0 Å². The van der Waals surface area contributed by atoms with Gasteiger partial charge in [0.25, 0.3) is 0 Å². The highest BCUT2D eigenvalue weighted by atomic mass is 16.5. The SMILES string of the molecule is CC(C)(C)OCCOCC(N)C1CCCCC1.